The van der Waals surface area contributed by atoms with Crippen molar-refractivity contribution in [3.05, 3.63) is 0 Å². The number of hydrogen-bond donors (Lipinski definition) is 1. The van der Waals surface area contributed by atoms with Crippen molar-refractivity contribution in [3.63, 3.8) is 0 Å². The molecule has 0 bridgehead atoms. The van der Waals surface area contributed by atoms with Gasteiger partial charge in [0, 0.05) is 19.6 Å². The van der Waals surface area contributed by atoms with Gasteiger partial charge in [0.1, 0.15) is 0 Å². The molecule has 1 atom stereocenters. The minimum Gasteiger partial charge on any atom is -0.329 e. The van der Waals surface area contributed by atoms with Crippen LogP contribution in [0.3, 0.4) is 0 Å². The molecule has 1 aliphatic rings. The summed E-state index contributed by atoms with van der Waals surface area (Å²) in [6.45, 7) is 2.20. The molecular formula is C9H21ClN2O2S. The quantitative estimate of drug-likeness (QED) is 0.765. The third-order valence-corrected chi connectivity index (χ3v) is 4.87. The van der Waals surface area contributed by atoms with Crippen LogP contribution in [0.4, 0.5) is 0 Å². The minimum absolute atomic E-state index is 0. The number of rotatable bonds is 6. The predicted octanol–water partition coefficient (Wildman–Crippen LogP) is 0.817. The lowest BCUT2D eigenvalue weighted by Crippen LogP contribution is -2.40. The Bertz CT molecular complexity index is 278. The van der Waals surface area contributed by atoms with Gasteiger partial charge in [0.15, 0.2) is 0 Å². The fraction of sp³-hybridized carbons (Fsp3) is 1.00. The molecule has 0 aromatic heterocycles. The summed E-state index contributed by atoms with van der Waals surface area (Å²) >= 11 is 0. The lowest BCUT2D eigenvalue weighted by Gasteiger charge is -2.22. The maximum Gasteiger partial charge on any atom is 0.214 e. The first-order valence-corrected chi connectivity index (χ1v) is 6.74. The molecule has 1 saturated carbocycles. The van der Waals surface area contributed by atoms with Crippen LogP contribution in [0.1, 0.15) is 26.2 Å². The summed E-state index contributed by atoms with van der Waals surface area (Å²) in [5.74, 6) is 0.935. The van der Waals surface area contributed by atoms with E-state index < -0.39 is 10.0 Å². The monoisotopic (exact) mass is 256 g/mol. The van der Waals surface area contributed by atoms with E-state index in [2.05, 4.69) is 0 Å². The van der Waals surface area contributed by atoms with Crippen molar-refractivity contribution in [2.45, 2.75) is 32.2 Å². The molecule has 1 aliphatic carbocycles. The highest BCUT2D eigenvalue weighted by Gasteiger charge is 2.27. The van der Waals surface area contributed by atoms with Crippen LogP contribution in [0, 0.1) is 5.92 Å². The number of likely N-dealkylation sites (N-methyl/N-ethyl adjacent to an activating group) is 1. The molecule has 0 saturated heterocycles. The van der Waals surface area contributed by atoms with E-state index >= 15 is 0 Å². The molecule has 0 aromatic rings. The van der Waals surface area contributed by atoms with Gasteiger partial charge >= 0.3 is 0 Å². The van der Waals surface area contributed by atoms with Gasteiger partial charge in [0.2, 0.25) is 10.0 Å². The number of halogens is 1. The maximum absolute atomic E-state index is 11.7. The molecule has 0 aliphatic heterocycles. The van der Waals surface area contributed by atoms with Crippen LogP contribution in [0.15, 0.2) is 0 Å². The van der Waals surface area contributed by atoms with Gasteiger partial charge in [0.05, 0.1) is 5.75 Å². The van der Waals surface area contributed by atoms with Gasteiger partial charge in [-0.2, -0.15) is 0 Å². The van der Waals surface area contributed by atoms with E-state index in [0.29, 0.717) is 12.5 Å². The lowest BCUT2D eigenvalue weighted by molar-refractivity contribution is 0.393. The Hall–Kier alpha value is 0.160. The normalized spacial score (nSPS) is 18.7. The molecule has 15 heavy (non-hydrogen) atoms. The Balaban J connectivity index is 0.00000196. The second-order valence-electron chi connectivity index (χ2n) is 4.15. The summed E-state index contributed by atoms with van der Waals surface area (Å²) in [5.41, 5.74) is 5.43. The van der Waals surface area contributed by atoms with E-state index in [9.17, 15) is 8.42 Å². The molecule has 0 amide bonds. The summed E-state index contributed by atoms with van der Waals surface area (Å²) < 4.78 is 24.9. The molecule has 4 nitrogen and oxygen atoms in total. The Morgan fingerprint density at radius 2 is 2.00 bits per heavy atom. The highest BCUT2D eigenvalue weighted by Crippen LogP contribution is 2.32. The highest BCUT2D eigenvalue weighted by molar-refractivity contribution is 7.89. The number of hydrogen-bond acceptors (Lipinski definition) is 3. The Morgan fingerprint density at radius 1 is 1.47 bits per heavy atom. The third kappa shape index (κ3) is 4.68. The SMILES string of the molecule is CC(CN)N(C)S(=O)(=O)CCC1CC1.Cl. The zero-order chi connectivity index (χ0) is 10.8. The van der Waals surface area contributed by atoms with E-state index in [4.69, 9.17) is 5.73 Å². The summed E-state index contributed by atoms with van der Waals surface area (Å²) in [4.78, 5) is 0. The van der Waals surface area contributed by atoms with Crippen LogP contribution in [0.5, 0.6) is 0 Å². The fourth-order valence-electron chi connectivity index (χ4n) is 1.29. The van der Waals surface area contributed by atoms with Gasteiger partial charge in [-0.05, 0) is 19.3 Å². The van der Waals surface area contributed by atoms with Crippen LogP contribution in [-0.4, -0.2) is 38.1 Å². The fourth-order valence-corrected chi connectivity index (χ4v) is 2.84. The molecular weight excluding hydrogens is 236 g/mol. The van der Waals surface area contributed by atoms with E-state index in [-0.39, 0.29) is 24.2 Å². The van der Waals surface area contributed by atoms with Crippen molar-refractivity contribution in [2.24, 2.45) is 11.7 Å². The van der Waals surface area contributed by atoms with Crippen LogP contribution >= 0.6 is 12.4 Å². The van der Waals surface area contributed by atoms with Crippen molar-refractivity contribution >= 4 is 22.4 Å². The molecule has 2 N–H and O–H groups in total. The van der Waals surface area contributed by atoms with Crippen molar-refractivity contribution < 1.29 is 8.42 Å². The topological polar surface area (TPSA) is 63.4 Å². The first kappa shape index (κ1) is 15.2. The predicted molar refractivity (Wildman–Crippen MR) is 64.7 cm³/mol. The van der Waals surface area contributed by atoms with Gasteiger partial charge in [0.25, 0.3) is 0 Å². The molecule has 1 fully saturated rings. The van der Waals surface area contributed by atoms with Crippen molar-refractivity contribution in [2.75, 3.05) is 19.3 Å². The Morgan fingerprint density at radius 3 is 2.40 bits per heavy atom. The standard InChI is InChI=1S/C9H20N2O2S.ClH/c1-8(7-10)11(2)14(12,13)6-5-9-3-4-9;/h8-9H,3-7,10H2,1-2H3;1H. The zero-order valence-corrected chi connectivity index (χ0v) is 11.0. The molecule has 0 heterocycles. The van der Waals surface area contributed by atoms with Crippen LogP contribution in [0.2, 0.25) is 0 Å². The first-order chi connectivity index (χ1) is 6.47. The van der Waals surface area contributed by atoms with Gasteiger partial charge in [-0.25, -0.2) is 12.7 Å². The van der Waals surface area contributed by atoms with Crippen LogP contribution in [0.25, 0.3) is 0 Å². The second-order valence-corrected chi connectivity index (χ2v) is 6.30. The van der Waals surface area contributed by atoms with Gasteiger partial charge in [-0.15, -0.1) is 12.4 Å². The van der Waals surface area contributed by atoms with Crippen molar-refractivity contribution in [1.29, 1.82) is 0 Å². The largest absolute Gasteiger partial charge is 0.329 e. The molecule has 0 spiro atoms. The molecule has 1 rings (SSSR count). The average molecular weight is 257 g/mol. The van der Waals surface area contributed by atoms with E-state index in [1.807, 2.05) is 6.92 Å². The summed E-state index contributed by atoms with van der Waals surface area (Å²) in [7, 11) is -1.46. The second kappa shape index (κ2) is 6.03. The van der Waals surface area contributed by atoms with Gasteiger partial charge < -0.3 is 5.73 Å². The van der Waals surface area contributed by atoms with Crippen LogP contribution in [-0.2, 0) is 10.0 Å². The number of nitrogens with two attached hydrogens (primary N) is 1. The highest BCUT2D eigenvalue weighted by atomic mass is 35.5. The smallest absolute Gasteiger partial charge is 0.214 e. The van der Waals surface area contributed by atoms with Gasteiger partial charge in [-0.3, -0.25) is 0 Å². The molecule has 6 heteroatoms. The first-order valence-electron chi connectivity index (χ1n) is 5.13. The van der Waals surface area contributed by atoms with Gasteiger partial charge in [-0.1, -0.05) is 12.8 Å². The summed E-state index contributed by atoms with van der Waals surface area (Å²) in [6.07, 6.45) is 3.21. The molecule has 0 aromatic carbocycles. The number of sulfonamides is 1. The zero-order valence-electron chi connectivity index (χ0n) is 9.35. The van der Waals surface area contributed by atoms with Crippen molar-refractivity contribution in [3.8, 4) is 0 Å². The molecule has 1 unspecified atom stereocenters. The molecule has 0 radical (unpaired) electrons. The van der Waals surface area contributed by atoms with Crippen LogP contribution < -0.4 is 5.73 Å². The average Bonchev–Trinajstić information content (AvgIpc) is 2.96. The Kier molecular flexibility index (Phi) is 6.10. The Labute approximate surface area is 98.7 Å². The van der Waals surface area contributed by atoms with E-state index in [0.717, 1.165) is 6.42 Å². The number of nitrogens with zero attached hydrogens (tertiary/aromatic N) is 1. The van der Waals surface area contributed by atoms with Crippen molar-refractivity contribution in [1.82, 2.24) is 4.31 Å². The van der Waals surface area contributed by atoms with E-state index in [1.165, 1.54) is 17.1 Å². The maximum atomic E-state index is 11.7. The third-order valence-electron chi connectivity index (χ3n) is 2.88. The van der Waals surface area contributed by atoms with E-state index in [1.54, 1.807) is 7.05 Å². The summed E-state index contributed by atoms with van der Waals surface area (Å²) in [5, 5.41) is 0. The minimum atomic E-state index is -3.07. The molecule has 92 valence electrons. The summed E-state index contributed by atoms with van der Waals surface area (Å²) in [6, 6.07) is -0.0980. The lowest BCUT2D eigenvalue weighted by atomic mass is 10.3.